The van der Waals surface area contributed by atoms with Crippen LogP contribution in [0.2, 0.25) is 0 Å². The van der Waals surface area contributed by atoms with E-state index in [4.69, 9.17) is 4.98 Å². The molecule has 0 spiro atoms. The molecule has 2 nitrogen and oxygen atoms in total. The minimum absolute atomic E-state index is 0.861. The van der Waals surface area contributed by atoms with Crippen molar-refractivity contribution in [3.05, 3.63) is 84.2 Å². The molecule has 0 bridgehead atoms. The Bertz CT molecular complexity index is 1010. The van der Waals surface area contributed by atoms with Gasteiger partial charge in [-0.2, -0.15) is 0 Å². The van der Waals surface area contributed by atoms with Crippen molar-refractivity contribution < 1.29 is 0 Å². The van der Waals surface area contributed by atoms with E-state index in [9.17, 15) is 0 Å². The molecule has 0 aliphatic carbocycles. The summed E-state index contributed by atoms with van der Waals surface area (Å²) in [6, 6.07) is 25.6. The van der Waals surface area contributed by atoms with Gasteiger partial charge in [0.05, 0.1) is 16.7 Å². The largest absolute Gasteiger partial charge is 0.295 e. The predicted molar refractivity (Wildman–Crippen MR) is 89.3 cm³/mol. The molecular formula is C20H14N2. The Hall–Kier alpha value is -2.87. The van der Waals surface area contributed by atoms with Crippen molar-refractivity contribution in [1.82, 2.24) is 9.55 Å². The molecular weight excluding hydrogens is 268 g/mol. The third-order valence-electron chi connectivity index (χ3n) is 4.43. The molecule has 0 N–H and O–H groups in total. The SMILES string of the molecule is c1ccc2c(c1)Cc1nc3ccccc3n1-c1ccccc1-2. The van der Waals surface area contributed by atoms with Crippen LogP contribution in [0.3, 0.4) is 0 Å². The predicted octanol–water partition coefficient (Wildman–Crippen LogP) is 4.60. The summed E-state index contributed by atoms with van der Waals surface area (Å²) < 4.78 is 2.31. The van der Waals surface area contributed by atoms with E-state index in [0.29, 0.717) is 0 Å². The molecule has 0 saturated heterocycles. The van der Waals surface area contributed by atoms with Crippen LogP contribution in [-0.2, 0) is 6.42 Å². The average Bonchev–Trinajstić information content (AvgIpc) is 2.86. The van der Waals surface area contributed by atoms with Crippen LogP contribution in [0.1, 0.15) is 11.4 Å². The summed E-state index contributed by atoms with van der Waals surface area (Å²) in [6.07, 6.45) is 0.861. The molecule has 22 heavy (non-hydrogen) atoms. The van der Waals surface area contributed by atoms with E-state index >= 15 is 0 Å². The van der Waals surface area contributed by atoms with Crippen molar-refractivity contribution in [3.63, 3.8) is 0 Å². The standard InChI is InChI=1S/C20H14N2/c1-2-8-15-14(7-1)13-20-21-17-10-4-6-12-19(17)22(20)18-11-5-3-9-16(15)18/h1-12H,13H2. The number of nitrogens with zero attached hydrogens (tertiary/aromatic N) is 2. The van der Waals surface area contributed by atoms with E-state index in [2.05, 4.69) is 77.4 Å². The lowest BCUT2D eigenvalue weighted by Crippen LogP contribution is -1.99. The minimum Gasteiger partial charge on any atom is -0.295 e. The first-order chi connectivity index (χ1) is 10.9. The smallest absolute Gasteiger partial charge is 0.118 e. The summed E-state index contributed by atoms with van der Waals surface area (Å²) in [6.45, 7) is 0. The van der Waals surface area contributed by atoms with Gasteiger partial charge in [-0.15, -0.1) is 0 Å². The van der Waals surface area contributed by atoms with Crippen LogP contribution in [-0.4, -0.2) is 9.55 Å². The molecule has 1 aromatic heterocycles. The fourth-order valence-corrected chi connectivity index (χ4v) is 3.47. The molecule has 2 heteroatoms. The summed E-state index contributed by atoms with van der Waals surface area (Å²) in [4.78, 5) is 4.87. The maximum absolute atomic E-state index is 4.87. The van der Waals surface area contributed by atoms with Gasteiger partial charge in [0.1, 0.15) is 5.82 Å². The molecule has 1 aliphatic rings. The Morgan fingerprint density at radius 3 is 2.41 bits per heavy atom. The van der Waals surface area contributed by atoms with Gasteiger partial charge in [0, 0.05) is 12.0 Å². The number of aromatic nitrogens is 2. The van der Waals surface area contributed by atoms with E-state index in [0.717, 1.165) is 17.8 Å². The topological polar surface area (TPSA) is 17.8 Å². The maximum Gasteiger partial charge on any atom is 0.118 e. The lowest BCUT2D eigenvalue weighted by atomic mass is 9.98. The number of para-hydroxylation sites is 3. The molecule has 3 aromatic carbocycles. The number of hydrogen-bond acceptors (Lipinski definition) is 1. The zero-order chi connectivity index (χ0) is 14.5. The Morgan fingerprint density at radius 1 is 0.727 bits per heavy atom. The summed E-state index contributed by atoms with van der Waals surface area (Å²) in [5.74, 6) is 1.11. The highest BCUT2D eigenvalue weighted by Gasteiger charge is 2.21. The van der Waals surface area contributed by atoms with Gasteiger partial charge >= 0.3 is 0 Å². The summed E-state index contributed by atoms with van der Waals surface area (Å²) in [7, 11) is 0. The lowest BCUT2D eigenvalue weighted by Gasteiger charge is -2.11. The molecule has 4 aromatic rings. The zero-order valence-corrected chi connectivity index (χ0v) is 12.0. The molecule has 0 atom stereocenters. The molecule has 2 heterocycles. The van der Waals surface area contributed by atoms with Gasteiger partial charge in [-0.3, -0.25) is 4.57 Å². The quantitative estimate of drug-likeness (QED) is 0.406. The highest BCUT2D eigenvalue weighted by Crippen LogP contribution is 2.36. The highest BCUT2D eigenvalue weighted by atomic mass is 15.1. The summed E-state index contributed by atoms with van der Waals surface area (Å²) in [5, 5.41) is 0. The third-order valence-corrected chi connectivity index (χ3v) is 4.43. The molecule has 0 amide bonds. The van der Waals surface area contributed by atoms with Crippen LogP contribution in [0, 0.1) is 0 Å². The lowest BCUT2D eigenvalue weighted by molar-refractivity contribution is 0.947. The van der Waals surface area contributed by atoms with Gasteiger partial charge in [0.25, 0.3) is 0 Å². The van der Waals surface area contributed by atoms with Crippen LogP contribution in [0.25, 0.3) is 27.8 Å². The van der Waals surface area contributed by atoms with Crippen LogP contribution in [0.4, 0.5) is 0 Å². The van der Waals surface area contributed by atoms with Gasteiger partial charge in [-0.05, 0) is 29.3 Å². The van der Waals surface area contributed by atoms with E-state index < -0.39 is 0 Å². The first-order valence-corrected chi connectivity index (χ1v) is 7.56. The van der Waals surface area contributed by atoms with E-state index in [1.54, 1.807) is 0 Å². The van der Waals surface area contributed by atoms with Crippen molar-refractivity contribution in [2.24, 2.45) is 0 Å². The van der Waals surface area contributed by atoms with Crippen molar-refractivity contribution in [2.75, 3.05) is 0 Å². The van der Waals surface area contributed by atoms with Gasteiger partial charge in [-0.1, -0.05) is 54.6 Å². The van der Waals surface area contributed by atoms with Crippen molar-refractivity contribution >= 4 is 11.0 Å². The first-order valence-electron chi connectivity index (χ1n) is 7.56. The second-order valence-electron chi connectivity index (χ2n) is 5.70. The fourth-order valence-electron chi connectivity index (χ4n) is 3.47. The second kappa shape index (κ2) is 4.31. The Balaban J connectivity index is 1.96. The number of hydrogen-bond donors (Lipinski definition) is 0. The number of rotatable bonds is 0. The monoisotopic (exact) mass is 282 g/mol. The van der Waals surface area contributed by atoms with Crippen molar-refractivity contribution in [1.29, 1.82) is 0 Å². The molecule has 104 valence electrons. The molecule has 0 unspecified atom stereocenters. The zero-order valence-electron chi connectivity index (χ0n) is 12.0. The number of imidazole rings is 1. The Morgan fingerprint density at radius 2 is 1.45 bits per heavy atom. The molecule has 1 aliphatic heterocycles. The highest BCUT2D eigenvalue weighted by molar-refractivity contribution is 5.84. The van der Waals surface area contributed by atoms with Crippen LogP contribution in [0.15, 0.2) is 72.8 Å². The van der Waals surface area contributed by atoms with E-state index in [1.165, 1.54) is 27.9 Å². The molecule has 0 fully saturated rings. The van der Waals surface area contributed by atoms with E-state index in [1.807, 2.05) is 0 Å². The second-order valence-corrected chi connectivity index (χ2v) is 5.70. The number of fused-ring (bicyclic) bond motifs is 7. The molecule has 0 radical (unpaired) electrons. The first kappa shape index (κ1) is 11.8. The fraction of sp³-hybridized carbons (Fsp3) is 0.0500. The maximum atomic E-state index is 4.87. The van der Waals surface area contributed by atoms with Crippen molar-refractivity contribution in [2.45, 2.75) is 6.42 Å². The van der Waals surface area contributed by atoms with Gasteiger partial charge < -0.3 is 0 Å². The minimum atomic E-state index is 0.861. The Labute approximate surface area is 128 Å². The van der Waals surface area contributed by atoms with Crippen LogP contribution in [0.5, 0.6) is 0 Å². The van der Waals surface area contributed by atoms with Gasteiger partial charge in [0.2, 0.25) is 0 Å². The van der Waals surface area contributed by atoms with E-state index in [-0.39, 0.29) is 0 Å². The Kier molecular flexibility index (Phi) is 2.30. The summed E-state index contributed by atoms with van der Waals surface area (Å²) >= 11 is 0. The molecule has 0 saturated carbocycles. The normalized spacial score (nSPS) is 12.4. The van der Waals surface area contributed by atoms with Crippen molar-refractivity contribution in [3.8, 4) is 16.8 Å². The number of benzene rings is 3. The summed E-state index contributed by atoms with van der Waals surface area (Å²) in [5.41, 5.74) is 7.39. The average molecular weight is 282 g/mol. The third kappa shape index (κ3) is 1.52. The van der Waals surface area contributed by atoms with Gasteiger partial charge in [-0.25, -0.2) is 4.98 Å². The van der Waals surface area contributed by atoms with Gasteiger partial charge in [0.15, 0.2) is 0 Å². The molecule has 5 rings (SSSR count). The van der Waals surface area contributed by atoms with Crippen LogP contribution >= 0.6 is 0 Å². The van der Waals surface area contributed by atoms with Crippen LogP contribution < -0.4 is 0 Å².